The maximum Gasteiger partial charge on any atom is 0.0914 e. The first-order valence-electron chi connectivity index (χ1n) is 6.72. The zero-order valence-corrected chi connectivity index (χ0v) is 11.4. The molecule has 0 aliphatic rings. The molecule has 0 N–H and O–H groups in total. The molecule has 2 heteroatoms. The Morgan fingerprint density at radius 2 is 1.80 bits per heavy atom. The first-order chi connectivity index (χ1) is 9.86. The van der Waals surface area contributed by atoms with Crippen molar-refractivity contribution in [1.29, 1.82) is 0 Å². The molecule has 0 bridgehead atoms. The molecule has 2 nitrogen and oxygen atoms in total. The number of hydrogen-bond donors (Lipinski definition) is 0. The molecule has 20 heavy (non-hydrogen) atoms. The van der Waals surface area contributed by atoms with Gasteiger partial charge in [0.05, 0.1) is 23.9 Å². The van der Waals surface area contributed by atoms with Crippen LogP contribution in [0.1, 0.15) is 5.56 Å². The molecule has 0 spiro atoms. The van der Waals surface area contributed by atoms with Crippen LogP contribution in [0.15, 0.2) is 61.9 Å². The van der Waals surface area contributed by atoms with Gasteiger partial charge in [0.15, 0.2) is 0 Å². The van der Waals surface area contributed by atoms with Crippen LogP contribution in [-0.2, 0) is 11.2 Å². The monoisotopic (exact) mass is 263 g/mol. The highest BCUT2D eigenvalue weighted by Gasteiger charge is 2.11. The minimum absolute atomic E-state index is 0.640. The van der Waals surface area contributed by atoms with E-state index in [9.17, 15) is 0 Å². The lowest BCUT2D eigenvalue weighted by Crippen LogP contribution is -1.97. The number of nitrogens with zero attached hydrogens (tertiary/aromatic N) is 1. The van der Waals surface area contributed by atoms with Crippen molar-refractivity contribution < 1.29 is 4.74 Å². The van der Waals surface area contributed by atoms with Crippen molar-refractivity contribution >= 4 is 28.0 Å². The number of rotatable bonds is 5. The molecule has 1 aromatic heterocycles. The second kappa shape index (κ2) is 5.25. The van der Waals surface area contributed by atoms with E-state index >= 15 is 0 Å². The molecule has 0 aliphatic carbocycles. The molecule has 1 heterocycles. The predicted octanol–water partition coefficient (Wildman–Crippen LogP) is 4.60. The SMILES string of the molecule is C=COCCc1cccc2c3ccccc3n(C=C)c12. The third kappa shape index (κ3) is 1.90. The molecule has 0 atom stereocenters. The van der Waals surface area contributed by atoms with Crippen molar-refractivity contribution in [2.75, 3.05) is 6.61 Å². The Morgan fingerprint density at radius 3 is 2.60 bits per heavy atom. The maximum absolute atomic E-state index is 5.26. The molecule has 3 aromatic rings. The van der Waals surface area contributed by atoms with Gasteiger partial charge in [0.2, 0.25) is 0 Å². The molecule has 0 amide bonds. The lowest BCUT2D eigenvalue weighted by Gasteiger charge is -2.06. The van der Waals surface area contributed by atoms with Crippen LogP contribution in [0.3, 0.4) is 0 Å². The first-order valence-corrected chi connectivity index (χ1v) is 6.72. The van der Waals surface area contributed by atoms with Crippen molar-refractivity contribution in [3.63, 3.8) is 0 Å². The average molecular weight is 263 g/mol. The van der Waals surface area contributed by atoms with Crippen LogP contribution < -0.4 is 0 Å². The van der Waals surface area contributed by atoms with E-state index in [0.29, 0.717) is 6.61 Å². The van der Waals surface area contributed by atoms with Crippen molar-refractivity contribution in [3.8, 4) is 0 Å². The van der Waals surface area contributed by atoms with Crippen molar-refractivity contribution in [2.45, 2.75) is 6.42 Å². The normalized spacial score (nSPS) is 10.8. The Hall–Kier alpha value is -2.48. The van der Waals surface area contributed by atoms with Crippen LogP contribution in [-0.4, -0.2) is 11.2 Å². The van der Waals surface area contributed by atoms with Gasteiger partial charge in [-0.05, 0) is 11.6 Å². The maximum atomic E-state index is 5.26. The van der Waals surface area contributed by atoms with Gasteiger partial charge < -0.3 is 9.30 Å². The van der Waals surface area contributed by atoms with Crippen LogP contribution in [0.5, 0.6) is 0 Å². The minimum atomic E-state index is 0.640. The number of fused-ring (bicyclic) bond motifs is 3. The fourth-order valence-corrected chi connectivity index (χ4v) is 2.77. The van der Waals surface area contributed by atoms with Crippen LogP contribution in [0, 0.1) is 0 Å². The number of aromatic nitrogens is 1. The van der Waals surface area contributed by atoms with E-state index in [1.54, 1.807) is 0 Å². The van der Waals surface area contributed by atoms with Gasteiger partial charge >= 0.3 is 0 Å². The van der Waals surface area contributed by atoms with Gasteiger partial charge in [-0.2, -0.15) is 0 Å². The largest absolute Gasteiger partial charge is 0.501 e. The first kappa shape index (κ1) is 12.5. The summed E-state index contributed by atoms with van der Waals surface area (Å²) < 4.78 is 7.42. The van der Waals surface area contributed by atoms with Gasteiger partial charge in [-0.25, -0.2) is 0 Å². The van der Waals surface area contributed by atoms with Gasteiger partial charge in [-0.1, -0.05) is 49.6 Å². The quantitative estimate of drug-likeness (QED) is 0.485. The zero-order chi connectivity index (χ0) is 13.9. The van der Waals surface area contributed by atoms with E-state index in [0.717, 1.165) is 6.42 Å². The third-order valence-electron chi connectivity index (χ3n) is 3.60. The van der Waals surface area contributed by atoms with Crippen molar-refractivity contribution in [1.82, 2.24) is 4.57 Å². The molecule has 0 aliphatic heterocycles. The Labute approximate surface area is 118 Å². The van der Waals surface area contributed by atoms with E-state index in [1.165, 1.54) is 33.6 Å². The smallest absolute Gasteiger partial charge is 0.0914 e. The molecular formula is C18H17NO. The fraction of sp³-hybridized carbons (Fsp3) is 0.111. The van der Waals surface area contributed by atoms with Crippen LogP contribution in [0.2, 0.25) is 0 Å². The summed E-state index contributed by atoms with van der Waals surface area (Å²) in [5, 5.41) is 2.52. The molecule has 0 saturated heterocycles. The molecule has 100 valence electrons. The molecule has 2 aromatic carbocycles. The molecule has 0 unspecified atom stereocenters. The van der Waals surface area contributed by atoms with Crippen molar-refractivity contribution in [2.24, 2.45) is 0 Å². The molecule has 0 radical (unpaired) electrons. The minimum Gasteiger partial charge on any atom is -0.501 e. The summed E-state index contributed by atoms with van der Waals surface area (Å²) in [4.78, 5) is 0. The number of para-hydroxylation sites is 2. The summed E-state index contributed by atoms with van der Waals surface area (Å²) in [6.07, 6.45) is 4.22. The predicted molar refractivity (Wildman–Crippen MR) is 85.7 cm³/mol. The van der Waals surface area contributed by atoms with Crippen LogP contribution in [0.25, 0.3) is 28.0 Å². The Balaban J connectivity index is 2.26. The highest BCUT2D eigenvalue weighted by Crippen LogP contribution is 2.31. The Bertz CT molecular complexity index is 783. The van der Waals surface area contributed by atoms with E-state index in [1.807, 2.05) is 6.20 Å². The summed E-state index contributed by atoms with van der Waals surface area (Å²) >= 11 is 0. The van der Waals surface area contributed by atoms with Gasteiger partial charge in [-0.15, -0.1) is 0 Å². The highest BCUT2D eigenvalue weighted by atomic mass is 16.5. The standard InChI is InChI=1S/C18H17NO/c1-3-19-17-11-6-5-9-15(17)16-10-7-8-14(18(16)19)12-13-20-4-2/h3-11H,1-2,12-13H2. The molecular weight excluding hydrogens is 246 g/mol. The van der Waals surface area contributed by atoms with E-state index < -0.39 is 0 Å². The summed E-state index contributed by atoms with van der Waals surface area (Å²) in [7, 11) is 0. The Morgan fingerprint density at radius 1 is 1.00 bits per heavy atom. The lowest BCUT2D eigenvalue weighted by atomic mass is 10.1. The molecule has 0 saturated carbocycles. The van der Waals surface area contributed by atoms with Gasteiger partial charge in [0, 0.05) is 23.4 Å². The lowest BCUT2D eigenvalue weighted by molar-refractivity contribution is 0.255. The third-order valence-corrected chi connectivity index (χ3v) is 3.60. The van der Waals surface area contributed by atoms with E-state index in [-0.39, 0.29) is 0 Å². The van der Waals surface area contributed by atoms with Gasteiger partial charge in [0.25, 0.3) is 0 Å². The summed E-state index contributed by atoms with van der Waals surface area (Å²) in [5.41, 5.74) is 3.67. The number of ether oxygens (including phenoxy) is 1. The Kier molecular flexibility index (Phi) is 3.30. The van der Waals surface area contributed by atoms with Gasteiger partial charge in [0.1, 0.15) is 0 Å². The van der Waals surface area contributed by atoms with Crippen LogP contribution in [0.4, 0.5) is 0 Å². The fourth-order valence-electron chi connectivity index (χ4n) is 2.77. The topological polar surface area (TPSA) is 14.2 Å². The van der Waals surface area contributed by atoms with Gasteiger partial charge in [-0.3, -0.25) is 0 Å². The second-order valence-corrected chi connectivity index (χ2v) is 4.67. The van der Waals surface area contributed by atoms with E-state index in [4.69, 9.17) is 4.74 Å². The second-order valence-electron chi connectivity index (χ2n) is 4.67. The zero-order valence-electron chi connectivity index (χ0n) is 11.4. The summed E-state index contributed by atoms with van der Waals surface area (Å²) in [6.45, 7) is 8.18. The summed E-state index contributed by atoms with van der Waals surface area (Å²) in [5.74, 6) is 0. The highest BCUT2D eigenvalue weighted by molar-refractivity contribution is 6.10. The average Bonchev–Trinajstić information content (AvgIpc) is 2.82. The molecule has 3 rings (SSSR count). The van der Waals surface area contributed by atoms with Crippen molar-refractivity contribution in [3.05, 3.63) is 67.4 Å². The number of hydrogen-bond acceptors (Lipinski definition) is 1. The number of benzene rings is 2. The summed E-state index contributed by atoms with van der Waals surface area (Å²) in [6, 6.07) is 14.8. The van der Waals surface area contributed by atoms with E-state index in [2.05, 4.69) is 60.2 Å². The molecule has 0 fully saturated rings. The van der Waals surface area contributed by atoms with Crippen LogP contribution >= 0.6 is 0 Å².